The quantitative estimate of drug-likeness (QED) is 0.449. The Bertz CT molecular complexity index is 10.8. The van der Waals surface area contributed by atoms with Gasteiger partial charge >= 0.3 is 31.9 Å². The van der Waals surface area contributed by atoms with E-state index >= 15 is 0 Å². The predicted octanol–water partition coefficient (Wildman–Crippen LogP) is 0.196. The minimum atomic E-state index is -0.979. The molecule has 0 aromatic heterocycles. The molecule has 24 valence electrons. The standard InChI is InChI=1S/2CH3.Ga.H2N/h2*1H3;;1H2/q;;+1;-1. The van der Waals surface area contributed by atoms with Crippen LogP contribution in [0.25, 0.3) is 0 Å². The summed E-state index contributed by atoms with van der Waals surface area (Å²) in [5.74, 6) is 0. The molecule has 0 saturated heterocycles. The third-order valence-corrected chi connectivity index (χ3v) is 0. The minimum absolute atomic E-state index is 0.979. The van der Waals surface area contributed by atoms with Crippen molar-refractivity contribution in [2.45, 2.75) is 11.0 Å². The molecule has 0 amide bonds. The van der Waals surface area contributed by atoms with Crippen molar-refractivity contribution in [3.8, 4) is 0 Å². The number of hydrogen-bond donors (Lipinski definition) is 1. The van der Waals surface area contributed by atoms with Crippen molar-refractivity contribution in [3.63, 3.8) is 0 Å². The molecule has 0 aliphatic heterocycles. The van der Waals surface area contributed by atoms with Crippen LogP contribution in [-0.2, 0) is 0 Å². The van der Waals surface area contributed by atoms with E-state index in [4.69, 9.17) is 4.44 Å². The molecule has 0 aromatic carbocycles. The fourth-order valence-corrected chi connectivity index (χ4v) is 0. The van der Waals surface area contributed by atoms with Gasteiger partial charge in [0, 0.05) is 0 Å². The number of hydrogen-bond acceptors (Lipinski definition) is 1. The van der Waals surface area contributed by atoms with Gasteiger partial charge in [0.25, 0.3) is 0 Å². The van der Waals surface area contributed by atoms with E-state index in [-0.39, 0.29) is 0 Å². The summed E-state index contributed by atoms with van der Waals surface area (Å²) in [7, 11) is 0. The van der Waals surface area contributed by atoms with Gasteiger partial charge in [-0.2, -0.15) is 0 Å². The van der Waals surface area contributed by atoms with Crippen LogP contribution in [-0.4, -0.2) is 16.5 Å². The molecule has 0 unspecified atom stereocenters. The molecule has 0 aliphatic carbocycles. The van der Waals surface area contributed by atoms with Gasteiger partial charge in [0.05, 0.1) is 0 Å². The van der Waals surface area contributed by atoms with Gasteiger partial charge in [0.15, 0.2) is 0 Å². The first kappa shape index (κ1) is 4.60. The number of rotatable bonds is 0. The van der Waals surface area contributed by atoms with Crippen LogP contribution < -0.4 is 4.44 Å². The van der Waals surface area contributed by atoms with Gasteiger partial charge < -0.3 is 0 Å². The Labute approximate surface area is 32.5 Å². The molecule has 0 heterocycles. The van der Waals surface area contributed by atoms with E-state index in [0.717, 1.165) is 0 Å². The summed E-state index contributed by atoms with van der Waals surface area (Å²) in [6.07, 6.45) is 0. The topological polar surface area (TPSA) is 26.0 Å². The molecule has 0 radical (unpaired) electrons. The van der Waals surface area contributed by atoms with Crippen molar-refractivity contribution in [2.24, 2.45) is 4.44 Å². The third kappa shape index (κ3) is 18.6. The molecule has 2 N–H and O–H groups in total. The van der Waals surface area contributed by atoms with Gasteiger partial charge in [-0.15, -0.1) is 0 Å². The monoisotopic (exact) mass is 115 g/mol. The second-order valence-electron chi connectivity index (χ2n) is 1.24. The van der Waals surface area contributed by atoms with Gasteiger partial charge in [-0.25, -0.2) is 0 Å². The van der Waals surface area contributed by atoms with Crippen molar-refractivity contribution in [2.75, 3.05) is 0 Å². The normalized spacial score (nSPS) is 6.75. The zero-order valence-electron chi connectivity index (χ0n) is 3.15. The molecule has 0 fully saturated rings. The van der Waals surface area contributed by atoms with E-state index < -0.39 is 16.5 Å². The van der Waals surface area contributed by atoms with E-state index in [9.17, 15) is 0 Å². The Morgan fingerprint density at radius 2 is 1.50 bits per heavy atom. The van der Waals surface area contributed by atoms with E-state index in [1.807, 2.05) is 0 Å². The van der Waals surface area contributed by atoms with Crippen molar-refractivity contribution < 1.29 is 0 Å². The van der Waals surface area contributed by atoms with E-state index in [1.54, 1.807) is 0 Å². The van der Waals surface area contributed by atoms with Crippen LogP contribution in [0.5, 0.6) is 0 Å². The summed E-state index contributed by atoms with van der Waals surface area (Å²) in [5, 5.41) is 0. The molecule has 2 heteroatoms. The Morgan fingerprint density at radius 3 is 1.50 bits per heavy atom. The van der Waals surface area contributed by atoms with Crippen LogP contribution in [0.15, 0.2) is 0 Å². The van der Waals surface area contributed by atoms with Crippen LogP contribution in [0.4, 0.5) is 0 Å². The first-order valence-corrected chi connectivity index (χ1v) is 7.73. The van der Waals surface area contributed by atoms with Gasteiger partial charge in [-0.3, -0.25) is 0 Å². The van der Waals surface area contributed by atoms with Crippen LogP contribution in [0, 0.1) is 0 Å². The average Bonchev–Trinajstić information content (AvgIpc) is 0.811. The molecule has 4 heavy (non-hydrogen) atoms. The maximum atomic E-state index is 5.30. The predicted molar refractivity (Wildman–Crippen MR) is 21.7 cm³/mol. The van der Waals surface area contributed by atoms with Crippen LogP contribution in [0.2, 0.25) is 11.0 Å². The third-order valence-electron chi connectivity index (χ3n) is 0. The van der Waals surface area contributed by atoms with Gasteiger partial charge in [-0.1, -0.05) is 0 Å². The first-order chi connectivity index (χ1) is 1.73. The molecule has 0 spiro atoms. The molecule has 0 rings (SSSR count). The fourth-order valence-electron chi connectivity index (χ4n) is 0. The van der Waals surface area contributed by atoms with Crippen molar-refractivity contribution >= 4 is 16.5 Å². The Balaban J connectivity index is 2.32. The van der Waals surface area contributed by atoms with Gasteiger partial charge in [0.2, 0.25) is 0 Å². The maximum absolute atomic E-state index is 5.30. The van der Waals surface area contributed by atoms with Crippen LogP contribution in [0.3, 0.4) is 0 Å². The van der Waals surface area contributed by atoms with Crippen molar-refractivity contribution in [1.82, 2.24) is 0 Å². The molecule has 1 nitrogen and oxygen atoms in total. The average molecular weight is 116 g/mol. The molecule has 0 bridgehead atoms. The zero-order valence-corrected chi connectivity index (χ0v) is 5.58. The van der Waals surface area contributed by atoms with E-state index in [2.05, 4.69) is 11.0 Å². The Hall–Kier alpha value is 0.596. The van der Waals surface area contributed by atoms with E-state index in [1.165, 1.54) is 0 Å². The Kier molecular flexibility index (Phi) is 2.15. The first-order valence-electron chi connectivity index (χ1n) is 1.49. The van der Waals surface area contributed by atoms with Gasteiger partial charge in [-0.05, 0) is 0 Å². The molecular weight excluding hydrogens is 108 g/mol. The summed E-state index contributed by atoms with van der Waals surface area (Å²) >= 11 is -0.979. The summed E-state index contributed by atoms with van der Waals surface area (Å²) in [4.78, 5) is 0. The van der Waals surface area contributed by atoms with Crippen LogP contribution >= 0.6 is 0 Å². The molecule has 0 saturated carbocycles. The SMILES string of the molecule is [CH3][Ga]([CH3])[NH2]. The summed E-state index contributed by atoms with van der Waals surface area (Å²) in [5.41, 5.74) is 4.26. The summed E-state index contributed by atoms with van der Waals surface area (Å²) in [6, 6.07) is 0. The van der Waals surface area contributed by atoms with E-state index in [0.29, 0.717) is 0 Å². The number of nitrogens with two attached hydrogens (primary N) is 1. The second kappa shape index (κ2) is 1.87. The van der Waals surface area contributed by atoms with Gasteiger partial charge in [0.1, 0.15) is 0 Å². The zero-order chi connectivity index (χ0) is 3.58. The summed E-state index contributed by atoms with van der Waals surface area (Å²) in [6.45, 7) is 0. The summed E-state index contributed by atoms with van der Waals surface area (Å²) < 4.78 is 5.30. The molecule has 0 atom stereocenters. The van der Waals surface area contributed by atoms with Crippen molar-refractivity contribution in [3.05, 3.63) is 0 Å². The molecule has 0 aromatic rings. The Morgan fingerprint density at radius 1 is 1.50 bits per heavy atom. The second-order valence-corrected chi connectivity index (χ2v) is 6.46. The van der Waals surface area contributed by atoms with Crippen molar-refractivity contribution in [1.29, 1.82) is 0 Å². The fraction of sp³-hybridized carbons (Fsp3) is 1.00. The molecule has 0 aliphatic rings. The molecular formula is C2H8GaN. The van der Waals surface area contributed by atoms with Crippen LogP contribution in [0.1, 0.15) is 0 Å².